The third-order valence-corrected chi connectivity index (χ3v) is 1.42. The normalized spacial score (nSPS) is 14.6. The molecule has 23 heavy (non-hydrogen) atoms. The fraction of sp³-hybridized carbons (Fsp3) is 0.714. The summed E-state index contributed by atoms with van der Waals surface area (Å²) in [6.07, 6.45) is -8.92. The second-order valence-corrected chi connectivity index (χ2v) is 3.97. The van der Waals surface area contributed by atoms with Crippen LogP contribution in [0.5, 0.6) is 0 Å². The van der Waals surface area contributed by atoms with Gasteiger partial charge in [-0.3, -0.25) is 0 Å². The molecule has 4 atom stereocenters. The Morgan fingerprint density at radius 2 is 1.30 bits per heavy atom. The number of carboxylic acid groups (broad SMARTS) is 2. The third-order valence-electron chi connectivity index (χ3n) is 1.42. The molecule has 0 aliphatic carbocycles. The first-order chi connectivity index (χ1) is 9.27. The van der Waals surface area contributed by atoms with E-state index in [2.05, 4.69) is 0 Å². The molecule has 6 N–H and O–H groups in total. The van der Waals surface area contributed by atoms with Gasteiger partial charge in [0, 0.05) is 0 Å². The molecule has 0 bridgehead atoms. The molecule has 0 aliphatic heterocycles. The standard InChI is InChI=1S/C6H12O6.CH2O3.2Ca.H3O4P/c7-1-3(9)5(11)6(12)4(10)2-8;2-1(3)4;;;1-5(2,3)4/h1,3-6,8-12H,2H2;(H2,2,3,4);;;(H3,1,2,3,4)/q;;2*+2;/p-4. The van der Waals surface area contributed by atoms with Crippen molar-refractivity contribution in [2.75, 3.05) is 6.61 Å². The zero-order valence-electron chi connectivity index (χ0n) is 11.5. The van der Waals surface area contributed by atoms with Gasteiger partial charge < -0.3 is 64.6 Å². The van der Waals surface area contributed by atoms with Crippen molar-refractivity contribution in [2.24, 2.45) is 0 Å². The Balaban J connectivity index is -0.0000000828. The van der Waals surface area contributed by atoms with Crippen LogP contribution in [-0.4, -0.2) is 150 Å². The maximum atomic E-state index is 9.90. The number of carbonyl (C=O) groups is 2. The van der Waals surface area contributed by atoms with Gasteiger partial charge in [0.2, 0.25) is 6.16 Å². The van der Waals surface area contributed by atoms with E-state index in [4.69, 9.17) is 59.8 Å². The van der Waals surface area contributed by atoms with E-state index in [0.29, 0.717) is 0 Å². The summed E-state index contributed by atoms with van der Waals surface area (Å²) in [5.74, 6) is 0. The number of rotatable bonds is 5. The molecule has 0 fully saturated rings. The minimum Gasteiger partial charge on any atom is -0.822 e. The van der Waals surface area contributed by atoms with Crippen LogP contribution in [0.1, 0.15) is 0 Å². The number of hydrogen-bond donors (Lipinski definition) is 6. The summed E-state index contributed by atoms with van der Waals surface area (Å²) in [4.78, 5) is 44.0. The second kappa shape index (κ2) is 19.7. The predicted octanol–water partition coefficient (Wildman–Crippen LogP) is -8.08. The molecule has 0 radical (unpaired) electrons. The third kappa shape index (κ3) is 35.4. The van der Waals surface area contributed by atoms with Gasteiger partial charge in [0.25, 0.3) is 0 Å². The van der Waals surface area contributed by atoms with E-state index in [1.54, 1.807) is 0 Å². The minimum atomic E-state index is -5.39. The van der Waals surface area contributed by atoms with E-state index < -0.39 is 45.0 Å². The number of phosphoric acid groups is 1. The van der Waals surface area contributed by atoms with Crippen LogP contribution in [0, 0.1) is 0 Å². The molecule has 0 aliphatic rings. The van der Waals surface area contributed by atoms with E-state index in [1.807, 2.05) is 0 Å². The van der Waals surface area contributed by atoms with Crippen LogP contribution in [0.15, 0.2) is 0 Å². The number of aliphatic hydroxyl groups excluding tert-OH is 5. The minimum absolute atomic E-state index is 0. The zero-order chi connectivity index (χ0) is 17.8. The van der Waals surface area contributed by atoms with Gasteiger partial charge in [0.05, 0.1) is 6.61 Å². The van der Waals surface area contributed by atoms with Crippen LogP contribution in [0.25, 0.3) is 0 Å². The van der Waals surface area contributed by atoms with Crippen LogP contribution < -0.4 is 19.8 Å². The molecule has 0 spiro atoms. The Labute approximate surface area is 189 Å². The molecular weight excluding hydrogens is 403 g/mol. The van der Waals surface area contributed by atoms with Crippen LogP contribution in [0.3, 0.4) is 0 Å². The maximum Gasteiger partial charge on any atom is 2.00 e. The van der Waals surface area contributed by atoms with Crippen LogP contribution >= 0.6 is 7.82 Å². The van der Waals surface area contributed by atoms with Crippen molar-refractivity contribution < 1.29 is 64.6 Å². The number of aliphatic hydroxyl groups is 5. The van der Waals surface area contributed by atoms with Crippen LogP contribution in [-0.2, 0) is 9.36 Å². The van der Waals surface area contributed by atoms with Gasteiger partial charge in [-0.2, -0.15) is 7.82 Å². The van der Waals surface area contributed by atoms with Crippen LogP contribution in [0.4, 0.5) is 4.79 Å². The molecule has 0 heterocycles. The Morgan fingerprint density at radius 3 is 1.48 bits per heavy atom. The van der Waals surface area contributed by atoms with Crippen molar-refractivity contribution in [2.45, 2.75) is 24.4 Å². The molecule has 13 nitrogen and oxygen atoms in total. The molecule has 0 saturated heterocycles. The summed E-state index contributed by atoms with van der Waals surface area (Å²) in [6, 6.07) is 0. The predicted molar refractivity (Wildman–Crippen MR) is 64.3 cm³/mol. The average molecular weight is 416 g/mol. The molecule has 128 valence electrons. The van der Waals surface area contributed by atoms with Gasteiger partial charge in [-0.15, -0.1) is 0 Å². The monoisotopic (exact) mass is 416 g/mol. The van der Waals surface area contributed by atoms with Crippen LogP contribution in [0.2, 0.25) is 0 Å². The van der Waals surface area contributed by atoms with Crippen molar-refractivity contribution in [3.05, 3.63) is 0 Å². The first kappa shape index (κ1) is 35.5. The molecule has 0 amide bonds. The summed E-state index contributed by atoms with van der Waals surface area (Å²) < 4.78 is 8.55. The molecule has 0 rings (SSSR count). The fourth-order valence-corrected chi connectivity index (χ4v) is 0.618. The largest absolute Gasteiger partial charge is 2.00 e. The maximum absolute atomic E-state index is 9.90. The van der Waals surface area contributed by atoms with Crippen molar-refractivity contribution >= 4 is 95.7 Å². The topological polar surface area (TPSA) is 265 Å². The summed E-state index contributed by atoms with van der Waals surface area (Å²) in [5.41, 5.74) is 0. The Hall–Kier alpha value is 1.37. The molecule has 16 heteroatoms. The zero-order valence-corrected chi connectivity index (χ0v) is 16.8. The molecular formula is C7H13Ca2O13P. The van der Waals surface area contributed by atoms with Crippen molar-refractivity contribution in [1.29, 1.82) is 0 Å². The van der Waals surface area contributed by atoms with Gasteiger partial charge in [0.1, 0.15) is 24.4 Å². The van der Waals surface area contributed by atoms with Crippen molar-refractivity contribution in [1.82, 2.24) is 0 Å². The smallest absolute Gasteiger partial charge is 0.822 e. The van der Waals surface area contributed by atoms with Gasteiger partial charge in [-0.05, 0) is 0 Å². The first-order valence-electron chi connectivity index (χ1n) is 4.69. The Morgan fingerprint density at radius 1 is 1.04 bits per heavy atom. The van der Waals surface area contributed by atoms with E-state index in [-0.39, 0.29) is 81.8 Å². The first-order valence-corrected chi connectivity index (χ1v) is 6.15. The molecule has 0 saturated carbocycles. The van der Waals surface area contributed by atoms with Crippen molar-refractivity contribution in [3.8, 4) is 0 Å². The molecule has 4 unspecified atom stereocenters. The van der Waals surface area contributed by atoms with E-state index >= 15 is 0 Å². The molecule has 0 aromatic carbocycles. The summed E-state index contributed by atoms with van der Waals surface area (Å²) in [7, 11) is -5.39. The second-order valence-electron chi connectivity index (χ2n) is 3.07. The molecule has 0 aromatic heterocycles. The van der Waals surface area contributed by atoms with Gasteiger partial charge in [-0.25, -0.2) is 0 Å². The van der Waals surface area contributed by atoms with Gasteiger partial charge in [-0.1, -0.05) is 0 Å². The Bertz CT molecular complexity index is 324. The summed E-state index contributed by atoms with van der Waals surface area (Å²) in [6.45, 7) is -0.760. The SMILES string of the molecule is O=C([O-])O.O=CC(O)C(O)C(O)C(O)CO.O=P([O-])([O-])[O-].[Ca+2].[Ca+2]. The van der Waals surface area contributed by atoms with Gasteiger partial charge in [0.15, 0.2) is 6.29 Å². The quantitative estimate of drug-likeness (QED) is 0.138. The number of hydrogen-bond acceptors (Lipinski definition) is 12. The fourth-order valence-electron chi connectivity index (χ4n) is 0.618. The molecule has 0 aromatic rings. The van der Waals surface area contributed by atoms with Crippen molar-refractivity contribution in [3.63, 3.8) is 0 Å². The summed E-state index contributed by atoms with van der Waals surface area (Å²) in [5, 5.41) is 58.8. The average Bonchev–Trinajstić information content (AvgIpc) is 2.32. The van der Waals surface area contributed by atoms with E-state index in [9.17, 15) is 4.79 Å². The Kier molecular flexibility index (Phi) is 30.4. The number of carbonyl (C=O) groups excluding carboxylic acids is 1. The van der Waals surface area contributed by atoms with E-state index in [1.165, 1.54) is 0 Å². The summed E-state index contributed by atoms with van der Waals surface area (Å²) >= 11 is 0. The van der Waals surface area contributed by atoms with E-state index in [0.717, 1.165) is 0 Å². The van der Waals surface area contributed by atoms with Gasteiger partial charge >= 0.3 is 75.5 Å². The number of aldehydes is 1.